The summed E-state index contributed by atoms with van der Waals surface area (Å²) in [6.45, 7) is 4.07. The van der Waals surface area contributed by atoms with Gasteiger partial charge < -0.3 is 9.73 Å². The van der Waals surface area contributed by atoms with E-state index in [0.717, 1.165) is 23.7 Å². The molecule has 18 heavy (non-hydrogen) atoms. The highest BCUT2D eigenvalue weighted by Gasteiger charge is 2.29. The van der Waals surface area contributed by atoms with Crippen LogP contribution in [-0.2, 0) is 6.42 Å². The van der Waals surface area contributed by atoms with E-state index in [1.54, 1.807) is 0 Å². The van der Waals surface area contributed by atoms with Crippen LogP contribution < -0.4 is 5.32 Å². The van der Waals surface area contributed by atoms with Crippen molar-refractivity contribution in [3.8, 4) is 0 Å². The molecule has 2 aromatic rings. The van der Waals surface area contributed by atoms with Gasteiger partial charge in [0.25, 0.3) is 0 Å². The van der Waals surface area contributed by atoms with Crippen molar-refractivity contribution in [2.75, 3.05) is 5.32 Å². The first-order chi connectivity index (χ1) is 8.70. The first-order valence-electron chi connectivity index (χ1n) is 6.31. The van der Waals surface area contributed by atoms with Crippen LogP contribution in [0.25, 0.3) is 0 Å². The van der Waals surface area contributed by atoms with Gasteiger partial charge in [0.2, 0.25) is 5.89 Å². The smallest absolute Gasteiger partial charge is 0.315 e. The SMILES string of the molecule is Cc1cc(C[C@H](C)Nc2nnc(C3CC3)o2)n[nH]1. The molecule has 0 unspecified atom stereocenters. The van der Waals surface area contributed by atoms with Crippen LogP contribution in [0.2, 0.25) is 0 Å². The van der Waals surface area contributed by atoms with Crippen LogP contribution in [0.5, 0.6) is 0 Å². The van der Waals surface area contributed by atoms with Gasteiger partial charge in [-0.05, 0) is 32.8 Å². The van der Waals surface area contributed by atoms with Crippen molar-refractivity contribution in [2.45, 2.75) is 45.1 Å². The Hall–Kier alpha value is -1.85. The van der Waals surface area contributed by atoms with Gasteiger partial charge >= 0.3 is 6.01 Å². The molecule has 0 aliphatic heterocycles. The van der Waals surface area contributed by atoms with E-state index >= 15 is 0 Å². The molecule has 0 spiro atoms. The standard InChI is InChI=1S/C12H17N5O/c1-7(5-10-6-8(2)14-15-10)13-12-17-16-11(18-12)9-3-4-9/h6-7,9H,3-5H2,1-2H3,(H,13,17)(H,14,15)/t7-/m0/s1. The zero-order chi connectivity index (χ0) is 12.5. The third kappa shape index (κ3) is 2.52. The van der Waals surface area contributed by atoms with Crippen molar-refractivity contribution < 1.29 is 4.42 Å². The number of H-pyrrole nitrogens is 1. The summed E-state index contributed by atoms with van der Waals surface area (Å²) in [5.74, 6) is 1.26. The topological polar surface area (TPSA) is 79.6 Å². The Labute approximate surface area is 105 Å². The maximum absolute atomic E-state index is 5.56. The Morgan fingerprint density at radius 1 is 1.50 bits per heavy atom. The highest BCUT2D eigenvalue weighted by Crippen LogP contribution is 2.39. The fourth-order valence-corrected chi connectivity index (χ4v) is 1.94. The Balaban J connectivity index is 1.57. The zero-order valence-electron chi connectivity index (χ0n) is 10.6. The van der Waals surface area contributed by atoms with Gasteiger partial charge in [-0.2, -0.15) is 5.10 Å². The summed E-state index contributed by atoms with van der Waals surface area (Å²) in [7, 11) is 0. The molecule has 0 bridgehead atoms. The molecule has 1 aliphatic rings. The van der Waals surface area contributed by atoms with Crippen LogP contribution in [0.3, 0.4) is 0 Å². The summed E-state index contributed by atoms with van der Waals surface area (Å²) in [5.41, 5.74) is 2.11. The van der Waals surface area contributed by atoms with Crippen LogP contribution in [0.1, 0.15) is 43.0 Å². The first-order valence-corrected chi connectivity index (χ1v) is 6.31. The number of aryl methyl sites for hydroxylation is 1. The molecule has 0 radical (unpaired) electrons. The lowest BCUT2D eigenvalue weighted by Crippen LogP contribution is -2.18. The van der Waals surface area contributed by atoms with Crippen molar-refractivity contribution in [3.63, 3.8) is 0 Å². The number of hydrogen-bond acceptors (Lipinski definition) is 5. The second kappa shape index (κ2) is 4.44. The maximum Gasteiger partial charge on any atom is 0.315 e. The fraction of sp³-hybridized carbons (Fsp3) is 0.583. The van der Waals surface area contributed by atoms with Gasteiger partial charge in [0.05, 0.1) is 5.69 Å². The number of nitrogens with zero attached hydrogens (tertiary/aromatic N) is 3. The quantitative estimate of drug-likeness (QED) is 0.845. The minimum Gasteiger partial charge on any atom is -0.408 e. The zero-order valence-corrected chi connectivity index (χ0v) is 10.6. The summed E-state index contributed by atoms with van der Waals surface area (Å²) >= 11 is 0. The van der Waals surface area contributed by atoms with Crippen LogP contribution >= 0.6 is 0 Å². The highest BCUT2D eigenvalue weighted by atomic mass is 16.4. The van der Waals surface area contributed by atoms with E-state index in [1.807, 2.05) is 13.0 Å². The Morgan fingerprint density at radius 3 is 3.00 bits per heavy atom. The normalized spacial score (nSPS) is 16.8. The van der Waals surface area contributed by atoms with Gasteiger partial charge in [-0.1, -0.05) is 5.10 Å². The predicted octanol–water partition coefficient (Wildman–Crippen LogP) is 2.02. The minimum atomic E-state index is 0.209. The van der Waals surface area contributed by atoms with Crippen molar-refractivity contribution >= 4 is 6.01 Å². The van der Waals surface area contributed by atoms with E-state index in [2.05, 4.69) is 32.6 Å². The van der Waals surface area contributed by atoms with E-state index < -0.39 is 0 Å². The molecule has 0 aromatic carbocycles. The van der Waals surface area contributed by atoms with Crippen LogP contribution in [-0.4, -0.2) is 26.4 Å². The van der Waals surface area contributed by atoms with Gasteiger partial charge in [0.1, 0.15) is 0 Å². The van der Waals surface area contributed by atoms with E-state index in [0.29, 0.717) is 11.9 Å². The molecule has 2 N–H and O–H groups in total. The van der Waals surface area contributed by atoms with Gasteiger partial charge in [-0.3, -0.25) is 5.10 Å². The second-order valence-electron chi connectivity index (χ2n) is 5.01. The van der Waals surface area contributed by atoms with Crippen molar-refractivity contribution in [1.29, 1.82) is 0 Å². The number of hydrogen-bond donors (Lipinski definition) is 2. The molecule has 1 fully saturated rings. The lowest BCUT2D eigenvalue weighted by atomic mass is 10.2. The molecule has 1 saturated carbocycles. The second-order valence-corrected chi connectivity index (χ2v) is 5.01. The summed E-state index contributed by atoms with van der Waals surface area (Å²) in [6.07, 6.45) is 3.17. The van der Waals surface area contributed by atoms with Crippen molar-refractivity contribution in [1.82, 2.24) is 20.4 Å². The molecule has 6 nitrogen and oxygen atoms in total. The molecule has 2 heterocycles. The Kier molecular flexibility index (Phi) is 2.77. The number of rotatable bonds is 5. The number of aromatic amines is 1. The fourth-order valence-electron chi connectivity index (χ4n) is 1.94. The number of aromatic nitrogens is 4. The highest BCUT2D eigenvalue weighted by molar-refractivity contribution is 5.22. The first kappa shape index (κ1) is 11.3. The monoisotopic (exact) mass is 247 g/mol. The van der Waals surface area contributed by atoms with Crippen molar-refractivity contribution in [3.05, 3.63) is 23.3 Å². The van der Waals surface area contributed by atoms with E-state index in [9.17, 15) is 0 Å². The van der Waals surface area contributed by atoms with E-state index in [-0.39, 0.29) is 6.04 Å². The average Bonchev–Trinajstić information content (AvgIpc) is 2.95. The molecular formula is C12H17N5O. The van der Waals surface area contributed by atoms with Crippen LogP contribution in [0.4, 0.5) is 6.01 Å². The molecule has 0 amide bonds. The molecule has 96 valence electrons. The average molecular weight is 247 g/mol. The van der Waals surface area contributed by atoms with E-state index in [1.165, 1.54) is 12.8 Å². The van der Waals surface area contributed by atoms with Gasteiger partial charge in [0, 0.05) is 24.1 Å². The molecule has 0 saturated heterocycles. The summed E-state index contributed by atoms with van der Waals surface area (Å²) in [6, 6.07) is 2.76. The predicted molar refractivity (Wildman–Crippen MR) is 66.4 cm³/mol. The van der Waals surface area contributed by atoms with Gasteiger partial charge in [-0.15, -0.1) is 5.10 Å². The third-order valence-electron chi connectivity index (χ3n) is 3.01. The summed E-state index contributed by atoms with van der Waals surface area (Å²) < 4.78 is 5.56. The third-order valence-corrected chi connectivity index (χ3v) is 3.01. The molecule has 3 rings (SSSR count). The Morgan fingerprint density at radius 2 is 2.33 bits per heavy atom. The lowest BCUT2D eigenvalue weighted by molar-refractivity contribution is 0.501. The summed E-state index contributed by atoms with van der Waals surface area (Å²) in [4.78, 5) is 0. The van der Waals surface area contributed by atoms with Gasteiger partial charge in [-0.25, -0.2) is 0 Å². The Bertz CT molecular complexity index is 528. The minimum absolute atomic E-state index is 0.209. The summed E-state index contributed by atoms with van der Waals surface area (Å²) in [5, 5.41) is 18.4. The largest absolute Gasteiger partial charge is 0.408 e. The van der Waals surface area contributed by atoms with Crippen LogP contribution in [0.15, 0.2) is 10.5 Å². The van der Waals surface area contributed by atoms with E-state index in [4.69, 9.17) is 4.42 Å². The lowest BCUT2D eigenvalue weighted by Gasteiger charge is -2.09. The van der Waals surface area contributed by atoms with Crippen molar-refractivity contribution in [2.24, 2.45) is 0 Å². The molecule has 6 heteroatoms. The maximum atomic E-state index is 5.56. The van der Waals surface area contributed by atoms with Crippen LogP contribution in [0, 0.1) is 6.92 Å². The molecule has 2 aromatic heterocycles. The molecule has 1 aliphatic carbocycles. The number of anilines is 1. The number of nitrogens with one attached hydrogen (secondary N) is 2. The van der Waals surface area contributed by atoms with Gasteiger partial charge in [0.15, 0.2) is 0 Å². The molecule has 1 atom stereocenters. The molecular weight excluding hydrogens is 230 g/mol.